The number of nitrogens with two attached hydrogens (primary N) is 1. The summed E-state index contributed by atoms with van der Waals surface area (Å²) in [6.45, 7) is 1.96. The van der Waals surface area contributed by atoms with Gasteiger partial charge in [-0.25, -0.2) is 8.42 Å². The molecule has 3 rings (SSSR count). The van der Waals surface area contributed by atoms with E-state index in [1.165, 1.54) is 17.3 Å². The number of amides is 1. The fourth-order valence-electron chi connectivity index (χ4n) is 3.56. The van der Waals surface area contributed by atoms with Crippen molar-refractivity contribution in [2.45, 2.75) is 17.6 Å². The van der Waals surface area contributed by atoms with E-state index in [1.807, 2.05) is 23.1 Å². The van der Waals surface area contributed by atoms with Crippen molar-refractivity contribution in [1.29, 1.82) is 0 Å². The van der Waals surface area contributed by atoms with Gasteiger partial charge in [-0.3, -0.25) is 4.79 Å². The number of sulfone groups is 1. The summed E-state index contributed by atoms with van der Waals surface area (Å²) in [6, 6.07) is 10.2. The number of hydrogen-bond acceptors (Lipinski definition) is 5. The zero-order valence-corrected chi connectivity index (χ0v) is 15.3. The fourth-order valence-corrected chi connectivity index (χ4v) is 7.11. The standard InChI is InChI=1S/C17H24N2O3S2/c18-8-14-9-19(10-16(14)13-4-2-1-3-5-13)17(20)11-23-15-6-7-24(21,22)12-15/h1-5,14-16H,6-12,18H2/t14-,15?,16+/m1/s1. The number of nitrogens with zero attached hydrogens (tertiary/aromatic N) is 1. The number of carbonyl (C=O) groups is 1. The van der Waals surface area contributed by atoms with Crippen LogP contribution in [0.2, 0.25) is 0 Å². The van der Waals surface area contributed by atoms with Gasteiger partial charge in [0.05, 0.1) is 17.3 Å². The molecule has 2 heterocycles. The van der Waals surface area contributed by atoms with Gasteiger partial charge in [0.25, 0.3) is 0 Å². The topological polar surface area (TPSA) is 80.5 Å². The predicted molar refractivity (Wildman–Crippen MR) is 97.8 cm³/mol. The third kappa shape index (κ3) is 4.13. The summed E-state index contributed by atoms with van der Waals surface area (Å²) in [5.74, 6) is 1.50. The molecule has 0 spiro atoms. The number of hydrogen-bond donors (Lipinski definition) is 1. The van der Waals surface area contributed by atoms with Gasteiger partial charge >= 0.3 is 0 Å². The van der Waals surface area contributed by atoms with E-state index in [-0.39, 0.29) is 34.5 Å². The molecule has 0 saturated carbocycles. The molecular formula is C17H24N2O3S2. The van der Waals surface area contributed by atoms with Gasteiger partial charge in [0.1, 0.15) is 0 Å². The summed E-state index contributed by atoms with van der Waals surface area (Å²) in [5.41, 5.74) is 7.15. The molecule has 2 fully saturated rings. The molecule has 2 N–H and O–H groups in total. The van der Waals surface area contributed by atoms with Crippen LogP contribution >= 0.6 is 11.8 Å². The molecule has 1 amide bonds. The zero-order valence-electron chi connectivity index (χ0n) is 13.6. The molecule has 0 aromatic heterocycles. The van der Waals surface area contributed by atoms with Crippen molar-refractivity contribution in [3.8, 4) is 0 Å². The number of likely N-dealkylation sites (tertiary alicyclic amines) is 1. The van der Waals surface area contributed by atoms with Crippen LogP contribution in [0.5, 0.6) is 0 Å². The lowest BCUT2D eigenvalue weighted by molar-refractivity contribution is -0.127. The zero-order chi connectivity index (χ0) is 17.2. The smallest absolute Gasteiger partial charge is 0.232 e. The molecule has 2 aliphatic rings. The largest absolute Gasteiger partial charge is 0.341 e. The van der Waals surface area contributed by atoms with Crippen molar-refractivity contribution in [2.24, 2.45) is 11.7 Å². The molecule has 7 heteroatoms. The summed E-state index contributed by atoms with van der Waals surface area (Å²) in [4.78, 5) is 14.4. The van der Waals surface area contributed by atoms with E-state index in [1.54, 1.807) is 0 Å². The summed E-state index contributed by atoms with van der Waals surface area (Å²) in [5, 5.41) is 0.0665. The van der Waals surface area contributed by atoms with Gasteiger partial charge in [0.15, 0.2) is 9.84 Å². The Bertz CT molecular complexity index is 678. The Hall–Kier alpha value is -1.05. The minimum Gasteiger partial charge on any atom is -0.341 e. The van der Waals surface area contributed by atoms with E-state index in [2.05, 4.69) is 12.1 Å². The van der Waals surface area contributed by atoms with E-state index < -0.39 is 9.84 Å². The van der Waals surface area contributed by atoms with E-state index in [0.717, 1.165) is 0 Å². The molecule has 24 heavy (non-hydrogen) atoms. The van der Waals surface area contributed by atoms with E-state index >= 15 is 0 Å². The molecule has 0 bridgehead atoms. The van der Waals surface area contributed by atoms with Crippen molar-refractivity contribution in [2.75, 3.05) is 36.9 Å². The minimum atomic E-state index is -2.88. The maximum Gasteiger partial charge on any atom is 0.232 e. The Morgan fingerprint density at radius 2 is 2.00 bits per heavy atom. The Kier molecular flexibility index (Phi) is 5.52. The lowest BCUT2D eigenvalue weighted by Gasteiger charge is -2.17. The number of rotatable bonds is 5. The molecule has 0 aliphatic carbocycles. The maximum atomic E-state index is 12.5. The van der Waals surface area contributed by atoms with Crippen molar-refractivity contribution >= 4 is 27.5 Å². The summed E-state index contributed by atoms with van der Waals surface area (Å²) >= 11 is 1.49. The van der Waals surface area contributed by atoms with Crippen molar-refractivity contribution < 1.29 is 13.2 Å². The molecule has 5 nitrogen and oxygen atoms in total. The van der Waals surface area contributed by atoms with Crippen LogP contribution < -0.4 is 5.73 Å². The van der Waals surface area contributed by atoms with Crippen LogP contribution in [0.25, 0.3) is 0 Å². The van der Waals surface area contributed by atoms with Gasteiger partial charge in [0.2, 0.25) is 5.91 Å². The monoisotopic (exact) mass is 368 g/mol. The van der Waals surface area contributed by atoms with Crippen LogP contribution in [-0.2, 0) is 14.6 Å². The number of carbonyl (C=O) groups excluding carboxylic acids is 1. The average molecular weight is 369 g/mol. The fraction of sp³-hybridized carbons (Fsp3) is 0.588. The van der Waals surface area contributed by atoms with Gasteiger partial charge in [0, 0.05) is 24.3 Å². The van der Waals surface area contributed by atoms with Crippen LogP contribution in [0.15, 0.2) is 30.3 Å². The first-order chi connectivity index (χ1) is 11.5. The van der Waals surface area contributed by atoms with E-state index in [4.69, 9.17) is 5.73 Å². The number of benzene rings is 1. The summed E-state index contributed by atoms with van der Waals surface area (Å²) in [6.07, 6.45) is 0.665. The second-order valence-corrected chi connectivity index (χ2v) is 10.2. The van der Waals surface area contributed by atoms with Crippen LogP contribution in [0.1, 0.15) is 17.9 Å². The highest BCUT2D eigenvalue weighted by Gasteiger charge is 2.36. The van der Waals surface area contributed by atoms with Gasteiger partial charge < -0.3 is 10.6 Å². The first kappa shape index (κ1) is 17.8. The third-order valence-corrected chi connectivity index (χ3v) is 8.22. The van der Waals surface area contributed by atoms with Gasteiger partial charge in [-0.1, -0.05) is 30.3 Å². The van der Waals surface area contributed by atoms with Gasteiger partial charge in [-0.05, 0) is 24.4 Å². The van der Waals surface area contributed by atoms with Crippen LogP contribution in [0.4, 0.5) is 0 Å². The molecule has 2 aliphatic heterocycles. The van der Waals surface area contributed by atoms with Crippen molar-refractivity contribution in [3.05, 3.63) is 35.9 Å². The Labute approximate surface area is 147 Å². The molecule has 132 valence electrons. The SMILES string of the molecule is NC[C@@H]1CN(C(=O)CSC2CCS(=O)(=O)C2)C[C@H]1c1ccccc1. The van der Waals surface area contributed by atoms with Gasteiger partial charge in [-0.15, -0.1) is 11.8 Å². The third-order valence-electron chi connectivity index (χ3n) is 4.96. The molecule has 3 atom stereocenters. The Morgan fingerprint density at radius 1 is 1.25 bits per heavy atom. The highest BCUT2D eigenvalue weighted by Crippen LogP contribution is 2.33. The average Bonchev–Trinajstić information content (AvgIpc) is 3.16. The second-order valence-electron chi connectivity index (χ2n) is 6.65. The lowest BCUT2D eigenvalue weighted by atomic mass is 9.89. The first-order valence-electron chi connectivity index (χ1n) is 8.33. The predicted octanol–water partition coefficient (Wildman–Crippen LogP) is 1.11. The van der Waals surface area contributed by atoms with E-state index in [0.29, 0.717) is 31.8 Å². The normalized spacial score (nSPS) is 29.0. The summed E-state index contributed by atoms with van der Waals surface area (Å²) in [7, 11) is -2.88. The second kappa shape index (κ2) is 7.45. The molecule has 0 radical (unpaired) electrons. The highest BCUT2D eigenvalue weighted by atomic mass is 32.2. The van der Waals surface area contributed by atoms with Crippen LogP contribution in [0.3, 0.4) is 0 Å². The molecule has 1 aromatic carbocycles. The van der Waals surface area contributed by atoms with Crippen molar-refractivity contribution in [3.63, 3.8) is 0 Å². The number of thioether (sulfide) groups is 1. The molecule has 1 unspecified atom stereocenters. The molecular weight excluding hydrogens is 344 g/mol. The van der Waals surface area contributed by atoms with Gasteiger partial charge in [-0.2, -0.15) is 0 Å². The molecule has 1 aromatic rings. The van der Waals surface area contributed by atoms with Crippen molar-refractivity contribution in [1.82, 2.24) is 4.90 Å². The molecule has 2 saturated heterocycles. The van der Waals surface area contributed by atoms with Crippen LogP contribution in [0, 0.1) is 5.92 Å². The quantitative estimate of drug-likeness (QED) is 0.842. The van der Waals surface area contributed by atoms with E-state index in [9.17, 15) is 13.2 Å². The highest BCUT2D eigenvalue weighted by molar-refractivity contribution is 8.02. The minimum absolute atomic E-state index is 0.0665. The Balaban J connectivity index is 1.56. The van der Waals surface area contributed by atoms with Crippen LogP contribution in [-0.4, -0.2) is 61.4 Å². The maximum absolute atomic E-state index is 12.5. The first-order valence-corrected chi connectivity index (χ1v) is 11.2. The lowest BCUT2D eigenvalue weighted by Crippen LogP contribution is -2.31. The summed E-state index contributed by atoms with van der Waals surface area (Å²) < 4.78 is 23.0. The Morgan fingerprint density at radius 3 is 2.62 bits per heavy atom.